The number of carbonyl (C=O) groups excluding carboxylic acids is 2. The van der Waals surface area contributed by atoms with E-state index < -0.39 is 5.82 Å². The van der Waals surface area contributed by atoms with Gasteiger partial charge < -0.3 is 14.5 Å². The summed E-state index contributed by atoms with van der Waals surface area (Å²) in [6.07, 6.45) is 1.89. The van der Waals surface area contributed by atoms with Crippen molar-refractivity contribution in [3.8, 4) is 0 Å². The number of amides is 1. The smallest absolute Gasteiger partial charge is 0.344 e. The van der Waals surface area contributed by atoms with E-state index in [4.69, 9.17) is 4.74 Å². The normalized spacial score (nSPS) is 18.9. The number of benzene rings is 1. The Hall–Kier alpha value is -2.66. The molecule has 2 fully saturated rings. The Labute approximate surface area is 188 Å². The Morgan fingerprint density at radius 1 is 1.28 bits per heavy atom. The van der Waals surface area contributed by atoms with Crippen molar-refractivity contribution in [2.24, 2.45) is 0 Å². The Kier molecular flexibility index (Phi) is 6.95. The highest BCUT2D eigenvalue weighted by Crippen LogP contribution is 2.23. The molecule has 1 amide bonds. The maximum atomic E-state index is 14.4. The SMILES string of the molecule is CC(=O)c1ccc(N2CCN(C(=O)CSc3n[nH]c(=O)n3CC3CCCO3)CC2)c(F)c1. The third-order valence-corrected chi connectivity index (χ3v) is 6.75. The van der Waals surface area contributed by atoms with E-state index in [0.717, 1.165) is 12.8 Å². The van der Waals surface area contributed by atoms with Crippen molar-refractivity contribution in [3.63, 3.8) is 0 Å². The zero-order valence-corrected chi connectivity index (χ0v) is 18.7. The van der Waals surface area contributed by atoms with Gasteiger partial charge in [-0.15, -0.1) is 5.10 Å². The van der Waals surface area contributed by atoms with E-state index in [1.54, 1.807) is 17.0 Å². The molecule has 2 aliphatic heterocycles. The quantitative estimate of drug-likeness (QED) is 0.491. The topological polar surface area (TPSA) is 101 Å². The van der Waals surface area contributed by atoms with E-state index in [1.807, 2.05) is 4.90 Å². The molecule has 32 heavy (non-hydrogen) atoms. The highest BCUT2D eigenvalue weighted by molar-refractivity contribution is 7.99. The number of halogens is 1. The fourth-order valence-electron chi connectivity index (χ4n) is 3.96. The first kappa shape index (κ1) is 22.5. The van der Waals surface area contributed by atoms with E-state index in [1.165, 1.54) is 29.3 Å². The molecule has 0 saturated carbocycles. The van der Waals surface area contributed by atoms with Crippen molar-refractivity contribution in [1.29, 1.82) is 0 Å². The second-order valence-corrected chi connectivity index (χ2v) is 8.88. The molecule has 1 aromatic heterocycles. The van der Waals surface area contributed by atoms with E-state index in [-0.39, 0.29) is 29.2 Å². The maximum absolute atomic E-state index is 14.4. The molecule has 1 atom stereocenters. The minimum Gasteiger partial charge on any atom is -0.376 e. The van der Waals surface area contributed by atoms with E-state index in [2.05, 4.69) is 10.2 Å². The fourth-order valence-corrected chi connectivity index (χ4v) is 4.82. The number of nitrogens with one attached hydrogen (secondary N) is 1. The summed E-state index contributed by atoms with van der Waals surface area (Å²) >= 11 is 1.23. The molecule has 1 aromatic carbocycles. The van der Waals surface area contributed by atoms with Crippen LogP contribution < -0.4 is 10.6 Å². The van der Waals surface area contributed by atoms with Crippen molar-refractivity contribution >= 4 is 29.1 Å². The van der Waals surface area contributed by atoms with Crippen LogP contribution in [-0.4, -0.2) is 76.0 Å². The number of H-pyrrole nitrogens is 1. The van der Waals surface area contributed by atoms with Gasteiger partial charge in [-0.25, -0.2) is 14.3 Å². The van der Waals surface area contributed by atoms with Gasteiger partial charge in [0.15, 0.2) is 10.9 Å². The first-order valence-corrected chi connectivity index (χ1v) is 11.6. The molecule has 2 saturated heterocycles. The standard InChI is InChI=1S/C21H26FN5O4S/c1-14(28)15-4-5-18(17(22)11-15)25-6-8-26(9-7-25)19(29)13-32-21-24-23-20(30)27(21)12-16-3-2-10-31-16/h4-5,11,16H,2-3,6-10,12-13H2,1H3,(H,23,30). The molecule has 2 aliphatic rings. The highest BCUT2D eigenvalue weighted by atomic mass is 32.2. The molecule has 172 valence electrons. The summed E-state index contributed by atoms with van der Waals surface area (Å²) < 4.78 is 21.5. The number of rotatable bonds is 7. The number of aromatic nitrogens is 3. The number of nitrogens with zero attached hydrogens (tertiary/aromatic N) is 4. The number of hydrogen-bond acceptors (Lipinski definition) is 7. The van der Waals surface area contributed by atoms with Crippen LogP contribution in [0.4, 0.5) is 10.1 Å². The molecule has 2 aromatic rings. The first-order valence-electron chi connectivity index (χ1n) is 10.6. The lowest BCUT2D eigenvalue weighted by molar-refractivity contribution is -0.128. The molecule has 1 unspecified atom stereocenters. The number of piperazine rings is 1. The van der Waals surface area contributed by atoms with Crippen LogP contribution in [0.15, 0.2) is 28.2 Å². The van der Waals surface area contributed by atoms with Gasteiger partial charge in [-0.1, -0.05) is 11.8 Å². The lowest BCUT2D eigenvalue weighted by Crippen LogP contribution is -2.49. The second-order valence-electron chi connectivity index (χ2n) is 7.94. The molecule has 0 aliphatic carbocycles. The van der Waals surface area contributed by atoms with Gasteiger partial charge in [0.2, 0.25) is 5.91 Å². The summed E-state index contributed by atoms with van der Waals surface area (Å²) in [7, 11) is 0. The number of ketones is 1. The maximum Gasteiger partial charge on any atom is 0.344 e. The van der Waals surface area contributed by atoms with Gasteiger partial charge in [-0.2, -0.15) is 0 Å². The lowest BCUT2D eigenvalue weighted by Gasteiger charge is -2.36. The van der Waals surface area contributed by atoms with Gasteiger partial charge in [0.1, 0.15) is 5.82 Å². The molecule has 9 nitrogen and oxygen atoms in total. The van der Waals surface area contributed by atoms with Gasteiger partial charge in [0.25, 0.3) is 0 Å². The number of aromatic amines is 1. The van der Waals surface area contributed by atoms with Crippen LogP contribution in [0.2, 0.25) is 0 Å². The molecule has 4 rings (SSSR count). The van der Waals surface area contributed by atoms with E-state index >= 15 is 0 Å². The number of carbonyl (C=O) groups is 2. The number of ether oxygens (including phenoxy) is 1. The largest absolute Gasteiger partial charge is 0.376 e. The Morgan fingerprint density at radius 3 is 2.72 bits per heavy atom. The van der Waals surface area contributed by atoms with Crippen molar-refractivity contribution in [3.05, 3.63) is 40.1 Å². The zero-order valence-electron chi connectivity index (χ0n) is 17.9. The minimum atomic E-state index is -0.434. The average molecular weight is 464 g/mol. The number of anilines is 1. The lowest BCUT2D eigenvalue weighted by atomic mass is 10.1. The number of thioether (sulfide) groups is 1. The third kappa shape index (κ3) is 5.04. The molecule has 0 radical (unpaired) electrons. The number of Topliss-reactive ketones (excluding diaryl/α,β-unsaturated/α-hetero) is 1. The van der Waals surface area contributed by atoms with Gasteiger partial charge in [0, 0.05) is 38.3 Å². The molecule has 0 bridgehead atoms. The summed E-state index contributed by atoms with van der Waals surface area (Å²) in [5.41, 5.74) is 0.474. The highest BCUT2D eigenvalue weighted by Gasteiger charge is 2.25. The van der Waals surface area contributed by atoms with Crippen LogP contribution in [-0.2, 0) is 16.1 Å². The monoisotopic (exact) mass is 463 g/mol. The summed E-state index contributed by atoms with van der Waals surface area (Å²) in [6.45, 7) is 4.47. The predicted octanol–water partition coefficient (Wildman–Crippen LogP) is 1.53. The molecule has 3 heterocycles. The van der Waals surface area contributed by atoms with Gasteiger partial charge >= 0.3 is 5.69 Å². The van der Waals surface area contributed by atoms with Crippen LogP contribution in [0, 0.1) is 5.82 Å². The fraction of sp³-hybridized carbons (Fsp3) is 0.524. The third-order valence-electron chi connectivity index (χ3n) is 5.79. The minimum absolute atomic E-state index is 0.00154. The van der Waals surface area contributed by atoms with Crippen molar-refractivity contribution in [2.45, 2.75) is 37.6 Å². The van der Waals surface area contributed by atoms with Crippen LogP contribution in [0.5, 0.6) is 0 Å². The van der Waals surface area contributed by atoms with Gasteiger partial charge in [0.05, 0.1) is 24.1 Å². The summed E-state index contributed by atoms with van der Waals surface area (Å²) in [5, 5.41) is 6.97. The summed E-state index contributed by atoms with van der Waals surface area (Å²) in [4.78, 5) is 39.8. The van der Waals surface area contributed by atoms with E-state index in [9.17, 15) is 18.8 Å². The Bertz CT molecular complexity index is 1040. The van der Waals surface area contributed by atoms with Crippen molar-refractivity contribution in [2.75, 3.05) is 43.4 Å². The molecule has 0 spiro atoms. The molecular weight excluding hydrogens is 437 g/mol. The van der Waals surface area contributed by atoms with Crippen molar-refractivity contribution < 1.29 is 18.7 Å². The average Bonchev–Trinajstić information content (AvgIpc) is 3.43. The summed E-state index contributed by atoms with van der Waals surface area (Å²) in [5.74, 6) is -0.504. The van der Waals surface area contributed by atoms with Crippen LogP contribution >= 0.6 is 11.8 Å². The van der Waals surface area contributed by atoms with Crippen molar-refractivity contribution in [1.82, 2.24) is 19.7 Å². The molecule has 1 N–H and O–H groups in total. The Morgan fingerprint density at radius 2 is 2.06 bits per heavy atom. The summed E-state index contributed by atoms with van der Waals surface area (Å²) in [6, 6.07) is 4.49. The van der Waals surface area contributed by atoms with Gasteiger partial charge in [-0.05, 0) is 38.0 Å². The molecular formula is C21H26FN5O4S. The van der Waals surface area contributed by atoms with Gasteiger partial charge in [-0.3, -0.25) is 14.2 Å². The van der Waals surface area contributed by atoms with E-state index in [0.29, 0.717) is 55.7 Å². The molecule has 11 heteroatoms. The predicted molar refractivity (Wildman–Crippen MR) is 118 cm³/mol. The zero-order chi connectivity index (χ0) is 22.7. The van der Waals surface area contributed by atoms with Crippen LogP contribution in [0.1, 0.15) is 30.1 Å². The number of hydrogen-bond donors (Lipinski definition) is 1. The van der Waals surface area contributed by atoms with Crippen LogP contribution in [0.25, 0.3) is 0 Å². The second kappa shape index (κ2) is 9.86. The van der Waals surface area contributed by atoms with Crippen LogP contribution in [0.3, 0.4) is 0 Å². The first-order chi connectivity index (χ1) is 15.4. The Balaban J connectivity index is 1.30.